The summed E-state index contributed by atoms with van der Waals surface area (Å²) in [6.45, 7) is 5.52. The highest BCUT2D eigenvalue weighted by Gasteiger charge is 2.22. The summed E-state index contributed by atoms with van der Waals surface area (Å²) in [6.07, 6.45) is 0. The van der Waals surface area contributed by atoms with Crippen LogP contribution < -0.4 is 5.69 Å². The molecule has 7 heteroatoms. The Morgan fingerprint density at radius 3 is 2.37 bits per heavy atom. The minimum Gasteiger partial charge on any atom is -0.506 e. The van der Waals surface area contributed by atoms with Crippen LogP contribution in [0, 0.1) is 5.82 Å². The monoisotopic (exact) mass is 266 g/mol. The smallest absolute Gasteiger partial charge is 0.368 e. The van der Waals surface area contributed by atoms with E-state index in [4.69, 9.17) is 0 Å². The molecule has 0 amide bonds. The molecule has 102 valence electrons. The molecule has 0 aliphatic carbocycles. The number of aryl methyl sites for hydroxylation is 1. The van der Waals surface area contributed by atoms with Crippen molar-refractivity contribution in [3.05, 3.63) is 34.0 Å². The van der Waals surface area contributed by atoms with Crippen molar-refractivity contribution in [2.45, 2.75) is 26.2 Å². The zero-order chi connectivity index (χ0) is 14.4. The molecule has 1 N–H and O–H groups in total. The molecule has 0 saturated heterocycles. The fourth-order valence-corrected chi connectivity index (χ4v) is 1.76. The molecule has 0 saturated carbocycles. The zero-order valence-corrected chi connectivity index (χ0v) is 11.2. The molecule has 0 aliphatic heterocycles. The molecule has 1 aromatic heterocycles. The Morgan fingerprint density at radius 2 is 1.89 bits per heavy atom. The quantitative estimate of drug-likeness (QED) is 0.839. The van der Waals surface area contributed by atoms with Gasteiger partial charge in [-0.1, -0.05) is 20.8 Å². The molecule has 1 aromatic carbocycles. The minimum absolute atomic E-state index is 0.115. The number of hydrogen-bond acceptors (Lipinski definition) is 4. The lowest BCUT2D eigenvalue weighted by atomic mass is 9.86. The molecule has 0 atom stereocenters. The van der Waals surface area contributed by atoms with Crippen LogP contribution in [0.1, 0.15) is 26.3 Å². The van der Waals surface area contributed by atoms with Crippen molar-refractivity contribution in [3.8, 4) is 11.4 Å². The van der Waals surface area contributed by atoms with E-state index in [9.17, 15) is 14.3 Å². The van der Waals surface area contributed by atoms with Crippen molar-refractivity contribution in [3.63, 3.8) is 0 Å². The summed E-state index contributed by atoms with van der Waals surface area (Å²) in [7, 11) is 1.44. The normalized spacial score (nSPS) is 11.8. The maximum absolute atomic E-state index is 13.9. The molecule has 19 heavy (non-hydrogen) atoms. The van der Waals surface area contributed by atoms with Crippen LogP contribution in [0.4, 0.5) is 4.39 Å². The van der Waals surface area contributed by atoms with E-state index in [-0.39, 0.29) is 11.4 Å². The highest BCUT2D eigenvalue weighted by molar-refractivity contribution is 5.49. The van der Waals surface area contributed by atoms with Gasteiger partial charge in [0.2, 0.25) is 0 Å². The van der Waals surface area contributed by atoms with E-state index in [2.05, 4.69) is 10.4 Å². The molecular formula is C12H15FN4O2. The van der Waals surface area contributed by atoms with Gasteiger partial charge < -0.3 is 5.11 Å². The molecule has 2 rings (SSSR count). The van der Waals surface area contributed by atoms with Crippen molar-refractivity contribution in [2.75, 3.05) is 0 Å². The van der Waals surface area contributed by atoms with Crippen LogP contribution in [0.5, 0.6) is 5.75 Å². The molecule has 6 nitrogen and oxygen atoms in total. The predicted octanol–water partition coefficient (Wildman–Crippen LogP) is 1.11. The van der Waals surface area contributed by atoms with Gasteiger partial charge in [0.25, 0.3) is 0 Å². The van der Waals surface area contributed by atoms with Crippen molar-refractivity contribution in [1.29, 1.82) is 0 Å². The van der Waals surface area contributed by atoms with Gasteiger partial charge in [0.1, 0.15) is 17.3 Å². The van der Waals surface area contributed by atoms with Crippen molar-refractivity contribution < 1.29 is 9.50 Å². The Labute approximate surface area is 109 Å². The average molecular weight is 266 g/mol. The highest BCUT2D eigenvalue weighted by atomic mass is 19.1. The highest BCUT2D eigenvalue weighted by Crippen LogP contribution is 2.31. The van der Waals surface area contributed by atoms with Crippen molar-refractivity contribution in [2.24, 2.45) is 7.05 Å². The number of hydrogen-bond donors (Lipinski definition) is 1. The second kappa shape index (κ2) is 4.18. The first-order valence-corrected chi connectivity index (χ1v) is 5.74. The topological polar surface area (TPSA) is 72.9 Å². The summed E-state index contributed by atoms with van der Waals surface area (Å²) in [4.78, 5) is 11.8. The third kappa shape index (κ3) is 2.23. The first-order valence-electron chi connectivity index (χ1n) is 5.74. The molecule has 0 radical (unpaired) electrons. The molecule has 0 aliphatic rings. The Bertz CT molecular complexity index is 682. The summed E-state index contributed by atoms with van der Waals surface area (Å²) in [5.41, 5.74) is -0.470. The number of aromatic hydroxyl groups is 1. The van der Waals surface area contributed by atoms with Crippen molar-refractivity contribution in [1.82, 2.24) is 19.8 Å². The van der Waals surface area contributed by atoms with Crippen LogP contribution in [-0.2, 0) is 12.5 Å². The Morgan fingerprint density at radius 1 is 1.26 bits per heavy atom. The lowest BCUT2D eigenvalue weighted by molar-refractivity contribution is 0.455. The van der Waals surface area contributed by atoms with Crippen molar-refractivity contribution >= 4 is 0 Å². The fraction of sp³-hybridized carbons (Fsp3) is 0.417. The number of benzene rings is 1. The van der Waals surface area contributed by atoms with E-state index in [0.29, 0.717) is 5.56 Å². The van der Waals surface area contributed by atoms with Gasteiger partial charge in [-0.2, -0.15) is 9.36 Å². The van der Waals surface area contributed by atoms with Crippen LogP contribution in [0.25, 0.3) is 5.69 Å². The molecule has 0 spiro atoms. The zero-order valence-electron chi connectivity index (χ0n) is 11.2. The number of phenolic OH excluding ortho intramolecular Hbond substituents is 1. The van der Waals surface area contributed by atoms with Crippen LogP contribution in [0.3, 0.4) is 0 Å². The predicted molar refractivity (Wildman–Crippen MR) is 66.9 cm³/mol. The Balaban J connectivity index is 2.72. The second-order valence-corrected chi connectivity index (χ2v) is 5.37. The Hall–Kier alpha value is -2.18. The minimum atomic E-state index is -0.523. The van der Waals surface area contributed by atoms with Crippen LogP contribution in [0.2, 0.25) is 0 Å². The summed E-state index contributed by atoms with van der Waals surface area (Å²) in [5, 5.41) is 17.0. The fourth-order valence-electron chi connectivity index (χ4n) is 1.76. The van der Waals surface area contributed by atoms with E-state index in [1.54, 1.807) is 0 Å². The van der Waals surface area contributed by atoms with Gasteiger partial charge in [-0.3, -0.25) is 0 Å². The second-order valence-electron chi connectivity index (χ2n) is 5.37. The number of halogens is 1. The average Bonchev–Trinajstić information content (AvgIpc) is 2.59. The third-order valence-electron chi connectivity index (χ3n) is 2.82. The standard InChI is InChI=1S/C12H15FN4O2/c1-12(2,3)7-5-9(10(18)6-8(7)13)17-11(19)16(4)14-15-17/h5-6,18H,1-4H3. The number of aromatic nitrogens is 4. The molecule has 0 fully saturated rings. The van der Waals surface area contributed by atoms with Gasteiger partial charge in [0.15, 0.2) is 0 Å². The van der Waals surface area contributed by atoms with Gasteiger partial charge in [-0.15, -0.1) is 0 Å². The van der Waals surface area contributed by atoms with E-state index in [1.807, 2.05) is 20.8 Å². The van der Waals surface area contributed by atoms with E-state index < -0.39 is 16.9 Å². The molecule has 0 unspecified atom stereocenters. The number of phenols is 1. The van der Waals surface area contributed by atoms with E-state index >= 15 is 0 Å². The van der Waals surface area contributed by atoms with Gasteiger partial charge in [-0.25, -0.2) is 9.18 Å². The van der Waals surface area contributed by atoms with E-state index in [1.165, 1.54) is 13.1 Å². The number of rotatable bonds is 1. The molecular weight excluding hydrogens is 251 g/mol. The summed E-state index contributed by atoms with van der Waals surface area (Å²) < 4.78 is 15.8. The molecule has 1 heterocycles. The van der Waals surface area contributed by atoms with E-state index in [0.717, 1.165) is 15.4 Å². The summed E-state index contributed by atoms with van der Waals surface area (Å²) in [6, 6.07) is 2.40. The first-order chi connectivity index (χ1) is 8.71. The molecule has 2 aromatic rings. The number of nitrogens with zero attached hydrogens (tertiary/aromatic N) is 4. The van der Waals surface area contributed by atoms with Gasteiger partial charge in [0.05, 0.1) is 0 Å². The summed E-state index contributed by atoms with van der Waals surface area (Å²) >= 11 is 0. The largest absolute Gasteiger partial charge is 0.506 e. The maximum Gasteiger partial charge on any atom is 0.368 e. The van der Waals surface area contributed by atoms with Gasteiger partial charge in [-0.05, 0) is 27.5 Å². The van der Waals surface area contributed by atoms with Gasteiger partial charge >= 0.3 is 5.69 Å². The number of tetrazole rings is 1. The first kappa shape index (κ1) is 13.3. The summed E-state index contributed by atoms with van der Waals surface area (Å²) in [5.74, 6) is -0.876. The van der Waals surface area contributed by atoms with Crippen LogP contribution in [-0.4, -0.2) is 24.9 Å². The molecule has 0 bridgehead atoms. The lowest BCUT2D eigenvalue weighted by Crippen LogP contribution is -2.23. The lowest BCUT2D eigenvalue weighted by Gasteiger charge is -2.20. The van der Waals surface area contributed by atoms with Crippen LogP contribution in [0.15, 0.2) is 16.9 Å². The maximum atomic E-state index is 13.9. The van der Waals surface area contributed by atoms with Gasteiger partial charge in [0, 0.05) is 13.1 Å². The third-order valence-corrected chi connectivity index (χ3v) is 2.82. The van der Waals surface area contributed by atoms with Crippen LogP contribution >= 0.6 is 0 Å². The Kier molecular flexibility index (Phi) is 2.92. The SMILES string of the molecule is Cn1nnn(-c2cc(C(C)(C)C)c(F)cc2O)c1=O.